The lowest BCUT2D eigenvalue weighted by Crippen LogP contribution is -2.11. The first kappa shape index (κ1) is 17.9. The van der Waals surface area contributed by atoms with Crippen molar-refractivity contribution in [3.63, 3.8) is 0 Å². The average molecular weight is 351 g/mol. The molecule has 8 heteroatoms. The number of hydrogen-bond donors (Lipinski definition) is 0. The first-order valence-electron chi connectivity index (χ1n) is 7.11. The van der Waals surface area contributed by atoms with Gasteiger partial charge in [-0.25, -0.2) is 0 Å². The second kappa shape index (κ2) is 7.41. The van der Waals surface area contributed by atoms with Gasteiger partial charge in [-0.15, -0.1) is 0 Å². The summed E-state index contributed by atoms with van der Waals surface area (Å²) in [5.74, 6) is 0.175. The zero-order valence-electron chi connectivity index (χ0n) is 13.3. The summed E-state index contributed by atoms with van der Waals surface area (Å²) in [6, 6.07) is 10.1. The number of nitro groups is 1. The Morgan fingerprint density at radius 3 is 2.33 bits per heavy atom. The predicted molar refractivity (Wildman–Crippen MR) is 87.7 cm³/mol. The van der Waals surface area contributed by atoms with Crippen LogP contribution >= 0.6 is 0 Å². The number of hydrogen-bond acceptors (Lipinski definition) is 6. The van der Waals surface area contributed by atoms with Gasteiger partial charge in [0.1, 0.15) is 10.6 Å². The van der Waals surface area contributed by atoms with Gasteiger partial charge in [0.2, 0.25) is 0 Å². The maximum Gasteiger partial charge on any atom is 0.339 e. The molecule has 0 atom stereocenters. The molecule has 0 aliphatic heterocycles. The van der Waals surface area contributed by atoms with E-state index in [0.717, 1.165) is 11.6 Å². The lowest BCUT2D eigenvalue weighted by atomic mass is 10.1. The number of non-ortho nitro benzene ring substituents is 1. The van der Waals surface area contributed by atoms with Gasteiger partial charge in [-0.3, -0.25) is 10.1 Å². The van der Waals surface area contributed by atoms with Crippen LogP contribution in [0.4, 0.5) is 5.69 Å². The Kier molecular flexibility index (Phi) is 5.53. The van der Waals surface area contributed by atoms with Crippen molar-refractivity contribution in [1.29, 1.82) is 0 Å². The Labute approximate surface area is 140 Å². The minimum absolute atomic E-state index is 0.100. The van der Waals surface area contributed by atoms with Crippen LogP contribution in [0.5, 0.6) is 5.75 Å². The zero-order chi connectivity index (χ0) is 17.7. The number of nitrogens with zero attached hydrogens (tertiary/aromatic N) is 1. The lowest BCUT2D eigenvalue weighted by Gasteiger charge is -2.10. The third-order valence-corrected chi connectivity index (χ3v) is 4.77. The summed E-state index contributed by atoms with van der Waals surface area (Å²) < 4.78 is 34.8. The molecular weight excluding hydrogens is 334 g/mol. The van der Waals surface area contributed by atoms with Crippen LogP contribution in [0.25, 0.3) is 0 Å². The molecule has 0 bridgehead atoms. The van der Waals surface area contributed by atoms with Crippen molar-refractivity contribution in [2.45, 2.75) is 18.2 Å². The number of nitro benzene ring substituents is 1. The smallest absolute Gasteiger partial charge is 0.339 e. The summed E-state index contributed by atoms with van der Waals surface area (Å²) in [6.45, 7) is 2.05. The zero-order valence-corrected chi connectivity index (χ0v) is 14.1. The number of rotatable bonds is 7. The lowest BCUT2D eigenvalue weighted by molar-refractivity contribution is -0.385. The van der Waals surface area contributed by atoms with Gasteiger partial charge in [-0.1, -0.05) is 12.1 Å². The second-order valence-electron chi connectivity index (χ2n) is 5.13. The standard InChI is InChI=1S/C16H17NO6S/c1-12-11-14(17(18)19)5-8-16(12)24(20,21)23-15-6-3-13(4-7-15)9-10-22-2/h3-8,11H,9-10H2,1-2H3. The molecule has 7 nitrogen and oxygen atoms in total. The van der Waals surface area contributed by atoms with Crippen LogP contribution in [0, 0.1) is 17.0 Å². The first-order valence-corrected chi connectivity index (χ1v) is 8.52. The molecule has 2 aromatic rings. The fraction of sp³-hybridized carbons (Fsp3) is 0.250. The van der Waals surface area contributed by atoms with Gasteiger partial charge in [0.15, 0.2) is 0 Å². The third-order valence-electron chi connectivity index (χ3n) is 3.36. The van der Waals surface area contributed by atoms with E-state index >= 15 is 0 Å². The Bertz CT molecular complexity index is 830. The largest absolute Gasteiger partial charge is 0.384 e. The van der Waals surface area contributed by atoms with Gasteiger partial charge in [-0.05, 0) is 42.7 Å². The molecule has 2 rings (SSSR count). The van der Waals surface area contributed by atoms with E-state index in [1.165, 1.54) is 19.1 Å². The van der Waals surface area contributed by atoms with E-state index in [1.54, 1.807) is 31.4 Å². The highest BCUT2D eigenvalue weighted by Gasteiger charge is 2.21. The van der Waals surface area contributed by atoms with Crippen molar-refractivity contribution in [2.75, 3.05) is 13.7 Å². The molecule has 0 saturated carbocycles. The normalized spacial score (nSPS) is 11.2. The van der Waals surface area contributed by atoms with E-state index in [0.29, 0.717) is 13.0 Å². The quantitative estimate of drug-likeness (QED) is 0.432. The molecule has 2 aromatic carbocycles. The Morgan fingerprint density at radius 2 is 1.79 bits per heavy atom. The van der Waals surface area contributed by atoms with Crippen molar-refractivity contribution < 1.29 is 22.3 Å². The fourth-order valence-electron chi connectivity index (χ4n) is 2.13. The van der Waals surface area contributed by atoms with Crippen molar-refractivity contribution in [3.05, 3.63) is 63.7 Å². The van der Waals surface area contributed by atoms with E-state index in [9.17, 15) is 18.5 Å². The SMILES string of the molecule is COCCc1ccc(OS(=O)(=O)c2ccc([N+](=O)[O-])cc2C)cc1. The highest BCUT2D eigenvalue weighted by Crippen LogP contribution is 2.24. The molecule has 128 valence electrons. The van der Waals surface area contributed by atoms with Gasteiger partial charge >= 0.3 is 10.1 Å². The van der Waals surface area contributed by atoms with Crippen LogP contribution in [-0.4, -0.2) is 27.1 Å². The van der Waals surface area contributed by atoms with Crippen LogP contribution in [0.1, 0.15) is 11.1 Å². The van der Waals surface area contributed by atoms with Gasteiger partial charge in [0.05, 0.1) is 11.5 Å². The van der Waals surface area contributed by atoms with Gasteiger partial charge in [0.25, 0.3) is 5.69 Å². The molecule has 0 spiro atoms. The van der Waals surface area contributed by atoms with Gasteiger partial charge in [-0.2, -0.15) is 8.42 Å². The van der Waals surface area contributed by atoms with E-state index in [4.69, 9.17) is 8.92 Å². The molecule has 0 saturated heterocycles. The van der Waals surface area contributed by atoms with Gasteiger partial charge < -0.3 is 8.92 Å². The maximum absolute atomic E-state index is 12.3. The summed E-state index contributed by atoms with van der Waals surface area (Å²) in [5, 5.41) is 10.7. The van der Waals surface area contributed by atoms with Crippen molar-refractivity contribution in [1.82, 2.24) is 0 Å². The van der Waals surface area contributed by atoms with Crippen molar-refractivity contribution >= 4 is 15.8 Å². The molecule has 24 heavy (non-hydrogen) atoms. The average Bonchev–Trinajstić information content (AvgIpc) is 2.53. The monoisotopic (exact) mass is 351 g/mol. The highest BCUT2D eigenvalue weighted by molar-refractivity contribution is 7.87. The fourth-order valence-corrected chi connectivity index (χ4v) is 3.27. The third kappa shape index (κ3) is 4.30. The Morgan fingerprint density at radius 1 is 1.12 bits per heavy atom. The Hall–Kier alpha value is -2.45. The summed E-state index contributed by atoms with van der Waals surface area (Å²) in [6.07, 6.45) is 0.713. The molecule has 0 amide bonds. The minimum atomic E-state index is -4.06. The second-order valence-corrected chi connectivity index (χ2v) is 6.65. The van der Waals surface area contributed by atoms with E-state index in [2.05, 4.69) is 0 Å². The number of methoxy groups -OCH3 is 1. The highest BCUT2D eigenvalue weighted by atomic mass is 32.2. The van der Waals surface area contributed by atoms with Crippen LogP contribution < -0.4 is 4.18 Å². The molecule has 0 unspecified atom stereocenters. The van der Waals surface area contributed by atoms with Crippen LogP contribution in [-0.2, 0) is 21.3 Å². The predicted octanol–water partition coefficient (Wildman–Crippen LogP) is 2.86. The number of benzene rings is 2. The first-order chi connectivity index (χ1) is 11.3. The molecule has 0 radical (unpaired) electrons. The molecule has 0 aromatic heterocycles. The summed E-state index contributed by atoms with van der Waals surface area (Å²) in [7, 11) is -2.46. The van der Waals surface area contributed by atoms with Crippen molar-refractivity contribution in [2.24, 2.45) is 0 Å². The molecule has 0 aliphatic rings. The van der Waals surface area contributed by atoms with Crippen LogP contribution in [0.3, 0.4) is 0 Å². The molecule has 0 fully saturated rings. The van der Waals surface area contributed by atoms with Crippen LogP contribution in [0.2, 0.25) is 0 Å². The minimum Gasteiger partial charge on any atom is -0.384 e. The summed E-state index contributed by atoms with van der Waals surface area (Å²) >= 11 is 0. The Balaban J connectivity index is 2.20. The molecular formula is C16H17NO6S. The molecule has 0 aliphatic carbocycles. The van der Waals surface area contributed by atoms with E-state index < -0.39 is 15.0 Å². The number of aryl methyl sites for hydroxylation is 1. The van der Waals surface area contributed by atoms with Gasteiger partial charge in [0, 0.05) is 19.2 Å². The topological polar surface area (TPSA) is 95.7 Å². The molecule has 0 heterocycles. The summed E-state index contributed by atoms with van der Waals surface area (Å²) in [4.78, 5) is 10.0. The van der Waals surface area contributed by atoms with Crippen molar-refractivity contribution in [3.8, 4) is 5.75 Å². The van der Waals surface area contributed by atoms with E-state index in [1.807, 2.05) is 0 Å². The maximum atomic E-state index is 12.3. The van der Waals surface area contributed by atoms with Crippen LogP contribution in [0.15, 0.2) is 47.4 Å². The summed E-state index contributed by atoms with van der Waals surface area (Å²) in [5.41, 5.74) is 1.07. The number of ether oxygens (including phenoxy) is 1. The van der Waals surface area contributed by atoms with E-state index in [-0.39, 0.29) is 21.9 Å². The molecule has 0 N–H and O–H groups in total.